The van der Waals surface area contributed by atoms with Gasteiger partial charge in [-0.25, -0.2) is 14.4 Å². The lowest BCUT2D eigenvalue weighted by molar-refractivity contribution is 0.410. The van der Waals surface area contributed by atoms with Gasteiger partial charge in [-0.15, -0.1) is 0 Å². The first-order valence-electron chi connectivity index (χ1n) is 5.27. The number of methoxy groups -OCH3 is 1. The maximum atomic E-state index is 13.8. The fraction of sp³-hybridized carbons (Fsp3) is 0.154. The number of para-hydroxylation sites is 1. The van der Waals surface area contributed by atoms with E-state index in [1.165, 1.54) is 6.33 Å². The summed E-state index contributed by atoms with van der Waals surface area (Å²) in [5, 5.41) is 8.70. The molecule has 0 fully saturated rings. The quantitative estimate of drug-likeness (QED) is 0.828. The average molecular weight is 243 g/mol. The van der Waals surface area contributed by atoms with Gasteiger partial charge in [0.2, 0.25) is 0 Å². The Morgan fingerprint density at radius 1 is 1.33 bits per heavy atom. The summed E-state index contributed by atoms with van der Waals surface area (Å²) in [5.41, 5.74) is 0.752. The Hall–Kier alpha value is -2.48. The van der Waals surface area contributed by atoms with Crippen molar-refractivity contribution in [3.05, 3.63) is 53.4 Å². The molecule has 1 aromatic heterocycles. The molecular weight excluding hydrogens is 233 g/mol. The van der Waals surface area contributed by atoms with E-state index in [1.807, 2.05) is 18.2 Å². The zero-order chi connectivity index (χ0) is 13.0. The Morgan fingerprint density at radius 2 is 2.11 bits per heavy atom. The van der Waals surface area contributed by atoms with Crippen LogP contribution < -0.4 is 4.74 Å². The minimum Gasteiger partial charge on any atom is -0.496 e. The van der Waals surface area contributed by atoms with Crippen LogP contribution in [-0.2, 0) is 6.42 Å². The number of halogens is 1. The van der Waals surface area contributed by atoms with Crippen LogP contribution in [0.2, 0.25) is 0 Å². The molecule has 18 heavy (non-hydrogen) atoms. The standard InChI is InChI=1S/C13H10FN3O/c1-18-12-5-3-2-4-9(12)6-10-13(14)11(7-15)17-8-16-10/h2-5,8H,6H2,1H3. The fourth-order valence-corrected chi connectivity index (χ4v) is 1.64. The van der Waals surface area contributed by atoms with Gasteiger partial charge in [0.25, 0.3) is 0 Å². The van der Waals surface area contributed by atoms with E-state index in [4.69, 9.17) is 10.00 Å². The van der Waals surface area contributed by atoms with E-state index in [2.05, 4.69) is 9.97 Å². The Labute approximate surface area is 104 Å². The van der Waals surface area contributed by atoms with Crippen molar-refractivity contribution in [2.45, 2.75) is 6.42 Å². The molecule has 90 valence electrons. The molecule has 0 amide bonds. The molecular formula is C13H10FN3O. The van der Waals surface area contributed by atoms with Gasteiger partial charge in [0.1, 0.15) is 18.1 Å². The topological polar surface area (TPSA) is 58.8 Å². The third-order valence-electron chi connectivity index (χ3n) is 2.52. The van der Waals surface area contributed by atoms with Crippen molar-refractivity contribution in [1.29, 1.82) is 5.26 Å². The number of nitriles is 1. The molecule has 0 atom stereocenters. The molecule has 0 bridgehead atoms. The third-order valence-corrected chi connectivity index (χ3v) is 2.52. The highest BCUT2D eigenvalue weighted by Crippen LogP contribution is 2.21. The largest absolute Gasteiger partial charge is 0.496 e. The highest BCUT2D eigenvalue weighted by molar-refractivity contribution is 5.37. The van der Waals surface area contributed by atoms with E-state index in [1.54, 1.807) is 19.2 Å². The molecule has 0 saturated heterocycles. The second-order valence-electron chi connectivity index (χ2n) is 3.58. The van der Waals surface area contributed by atoms with Crippen LogP contribution in [0.1, 0.15) is 17.0 Å². The Kier molecular flexibility index (Phi) is 3.49. The Morgan fingerprint density at radius 3 is 2.83 bits per heavy atom. The summed E-state index contributed by atoms with van der Waals surface area (Å²) in [4.78, 5) is 7.43. The summed E-state index contributed by atoms with van der Waals surface area (Å²) in [5.74, 6) is -0.0140. The van der Waals surface area contributed by atoms with Gasteiger partial charge in [0.05, 0.1) is 12.8 Å². The van der Waals surface area contributed by atoms with Crippen LogP contribution in [0.4, 0.5) is 4.39 Å². The minimum atomic E-state index is -0.675. The van der Waals surface area contributed by atoms with Gasteiger partial charge in [0.15, 0.2) is 11.5 Å². The first kappa shape index (κ1) is 12.0. The molecule has 0 N–H and O–H groups in total. The van der Waals surface area contributed by atoms with Crippen LogP contribution in [0.5, 0.6) is 5.75 Å². The number of rotatable bonds is 3. The second kappa shape index (κ2) is 5.23. The molecule has 5 heteroatoms. The van der Waals surface area contributed by atoms with Crippen molar-refractivity contribution in [2.24, 2.45) is 0 Å². The molecule has 2 aromatic rings. The van der Waals surface area contributed by atoms with Crippen molar-refractivity contribution >= 4 is 0 Å². The van der Waals surface area contributed by atoms with Crippen LogP contribution in [0.25, 0.3) is 0 Å². The van der Waals surface area contributed by atoms with E-state index < -0.39 is 5.82 Å². The third kappa shape index (κ3) is 2.28. The predicted molar refractivity (Wildman–Crippen MR) is 62.5 cm³/mol. The number of hydrogen-bond donors (Lipinski definition) is 0. The minimum absolute atomic E-state index is 0.186. The maximum absolute atomic E-state index is 13.8. The summed E-state index contributed by atoms with van der Waals surface area (Å²) in [6, 6.07) is 8.98. The summed E-state index contributed by atoms with van der Waals surface area (Å²) in [6.45, 7) is 0. The zero-order valence-corrected chi connectivity index (χ0v) is 9.72. The summed E-state index contributed by atoms with van der Waals surface area (Å²) in [6.07, 6.45) is 1.44. The highest BCUT2D eigenvalue weighted by Gasteiger charge is 2.12. The molecule has 0 spiro atoms. The van der Waals surface area contributed by atoms with Crippen molar-refractivity contribution in [3.63, 3.8) is 0 Å². The molecule has 0 aliphatic carbocycles. The first-order chi connectivity index (χ1) is 8.76. The van der Waals surface area contributed by atoms with E-state index in [0.717, 1.165) is 5.56 Å². The lowest BCUT2D eigenvalue weighted by Crippen LogP contribution is -2.02. The smallest absolute Gasteiger partial charge is 0.181 e. The van der Waals surface area contributed by atoms with Crippen molar-refractivity contribution in [2.75, 3.05) is 7.11 Å². The van der Waals surface area contributed by atoms with Crippen LogP contribution in [0.3, 0.4) is 0 Å². The van der Waals surface area contributed by atoms with Crippen molar-refractivity contribution < 1.29 is 9.13 Å². The predicted octanol–water partition coefficient (Wildman–Crippen LogP) is 2.09. The fourth-order valence-electron chi connectivity index (χ4n) is 1.64. The van der Waals surface area contributed by atoms with Crippen LogP contribution >= 0.6 is 0 Å². The summed E-state index contributed by atoms with van der Waals surface area (Å²) >= 11 is 0. The molecule has 2 rings (SSSR count). The molecule has 0 aliphatic rings. The average Bonchev–Trinajstić information content (AvgIpc) is 2.42. The van der Waals surface area contributed by atoms with Crippen LogP contribution in [0, 0.1) is 17.1 Å². The van der Waals surface area contributed by atoms with Crippen LogP contribution in [-0.4, -0.2) is 17.1 Å². The van der Waals surface area contributed by atoms with Gasteiger partial charge in [-0.3, -0.25) is 0 Å². The van der Waals surface area contributed by atoms with E-state index in [0.29, 0.717) is 5.75 Å². The highest BCUT2D eigenvalue weighted by atomic mass is 19.1. The van der Waals surface area contributed by atoms with Gasteiger partial charge >= 0.3 is 0 Å². The SMILES string of the molecule is COc1ccccc1Cc1ncnc(C#N)c1F. The lowest BCUT2D eigenvalue weighted by atomic mass is 10.1. The Bertz CT molecular complexity index is 607. The lowest BCUT2D eigenvalue weighted by Gasteiger charge is -2.08. The van der Waals surface area contributed by atoms with Crippen LogP contribution in [0.15, 0.2) is 30.6 Å². The van der Waals surface area contributed by atoms with E-state index in [9.17, 15) is 4.39 Å². The molecule has 0 saturated carbocycles. The maximum Gasteiger partial charge on any atom is 0.181 e. The zero-order valence-electron chi connectivity index (χ0n) is 9.72. The monoisotopic (exact) mass is 243 g/mol. The molecule has 0 radical (unpaired) electrons. The van der Waals surface area contributed by atoms with E-state index in [-0.39, 0.29) is 17.8 Å². The van der Waals surface area contributed by atoms with Gasteiger partial charge in [0, 0.05) is 12.0 Å². The van der Waals surface area contributed by atoms with Crippen molar-refractivity contribution in [3.8, 4) is 11.8 Å². The van der Waals surface area contributed by atoms with Gasteiger partial charge in [-0.2, -0.15) is 5.26 Å². The molecule has 1 heterocycles. The number of aromatic nitrogens is 2. The molecule has 4 nitrogen and oxygen atoms in total. The second-order valence-corrected chi connectivity index (χ2v) is 3.58. The summed E-state index contributed by atoms with van der Waals surface area (Å²) in [7, 11) is 1.55. The number of benzene rings is 1. The van der Waals surface area contributed by atoms with Gasteiger partial charge in [-0.1, -0.05) is 18.2 Å². The molecule has 1 aromatic carbocycles. The Balaban J connectivity index is 2.38. The number of hydrogen-bond acceptors (Lipinski definition) is 4. The normalized spacial score (nSPS) is 9.83. The number of nitrogens with zero attached hydrogens (tertiary/aromatic N) is 3. The molecule has 0 unspecified atom stereocenters. The molecule has 0 aliphatic heterocycles. The van der Waals surface area contributed by atoms with Gasteiger partial charge in [-0.05, 0) is 6.07 Å². The number of ether oxygens (including phenoxy) is 1. The van der Waals surface area contributed by atoms with Crippen molar-refractivity contribution in [1.82, 2.24) is 9.97 Å². The summed E-state index contributed by atoms with van der Waals surface area (Å²) < 4.78 is 19.0. The van der Waals surface area contributed by atoms with E-state index >= 15 is 0 Å². The van der Waals surface area contributed by atoms with Gasteiger partial charge < -0.3 is 4.74 Å². The first-order valence-corrected chi connectivity index (χ1v) is 5.27.